The Balaban J connectivity index is 1.75. The summed E-state index contributed by atoms with van der Waals surface area (Å²) in [4.78, 5) is 8.66. The molecule has 2 heterocycles. The van der Waals surface area contributed by atoms with Gasteiger partial charge in [-0.05, 0) is 19.9 Å². The number of aryl methyl sites for hydroxylation is 2. The first-order valence-corrected chi connectivity index (χ1v) is 7.24. The first kappa shape index (κ1) is 14.2. The second kappa shape index (κ2) is 7.37. The van der Waals surface area contributed by atoms with Gasteiger partial charge in [0.25, 0.3) is 0 Å². The predicted molar refractivity (Wildman–Crippen MR) is 75.4 cm³/mol. The molecule has 6 heteroatoms. The molecule has 0 saturated carbocycles. The van der Waals surface area contributed by atoms with Crippen LogP contribution in [0.5, 0.6) is 0 Å². The highest BCUT2D eigenvalue weighted by Crippen LogP contribution is 2.22. The lowest BCUT2D eigenvalue weighted by atomic mass is 10.3. The number of rotatable bonds is 8. The van der Waals surface area contributed by atoms with E-state index in [1.54, 1.807) is 24.6 Å². The molecule has 0 atom stereocenters. The Labute approximate surface area is 117 Å². The minimum Gasteiger partial charge on any atom is -0.439 e. The maximum Gasteiger partial charge on any atom is 0.195 e. The number of hydrogen-bond donors (Lipinski definition) is 1. The number of nitrogens with one attached hydrogen (secondary N) is 1. The molecule has 0 saturated heterocycles. The van der Waals surface area contributed by atoms with Crippen molar-refractivity contribution in [3.05, 3.63) is 22.5 Å². The van der Waals surface area contributed by atoms with E-state index in [0.29, 0.717) is 0 Å². The normalized spacial score (nSPS) is 11.1. The largest absolute Gasteiger partial charge is 0.439 e. The summed E-state index contributed by atoms with van der Waals surface area (Å²) < 4.78 is 10.7. The van der Waals surface area contributed by atoms with Gasteiger partial charge in [0, 0.05) is 25.5 Å². The van der Waals surface area contributed by atoms with Crippen molar-refractivity contribution in [2.75, 3.05) is 26.8 Å². The van der Waals surface area contributed by atoms with E-state index >= 15 is 0 Å². The van der Waals surface area contributed by atoms with Crippen LogP contribution in [0.3, 0.4) is 0 Å². The predicted octanol–water partition coefficient (Wildman–Crippen LogP) is 2.28. The molecule has 0 unspecified atom stereocenters. The summed E-state index contributed by atoms with van der Waals surface area (Å²) >= 11 is 1.62. The van der Waals surface area contributed by atoms with Gasteiger partial charge < -0.3 is 14.5 Å². The third-order valence-electron chi connectivity index (χ3n) is 2.65. The van der Waals surface area contributed by atoms with E-state index in [1.165, 1.54) is 0 Å². The zero-order valence-corrected chi connectivity index (χ0v) is 12.1. The second-order valence-corrected chi connectivity index (χ2v) is 5.28. The van der Waals surface area contributed by atoms with Crippen molar-refractivity contribution in [3.63, 3.8) is 0 Å². The number of methoxy groups -OCH3 is 1. The van der Waals surface area contributed by atoms with Crippen LogP contribution in [0.25, 0.3) is 11.5 Å². The molecule has 0 radical (unpaired) electrons. The summed E-state index contributed by atoms with van der Waals surface area (Å²) in [6, 6.07) is 0. The molecule has 0 amide bonds. The highest BCUT2D eigenvalue weighted by Gasteiger charge is 2.08. The van der Waals surface area contributed by atoms with Crippen LogP contribution in [-0.4, -0.2) is 36.8 Å². The van der Waals surface area contributed by atoms with Crippen molar-refractivity contribution in [3.8, 4) is 11.5 Å². The van der Waals surface area contributed by atoms with Gasteiger partial charge in [0.2, 0.25) is 0 Å². The Morgan fingerprint density at radius 2 is 2.32 bits per heavy atom. The third-order valence-corrected chi connectivity index (χ3v) is 3.43. The van der Waals surface area contributed by atoms with Crippen molar-refractivity contribution in [1.29, 1.82) is 0 Å². The SMILES string of the molecule is COCCNCCCc1ncc(-c2csc(C)n2)o1. The number of oxazole rings is 1. The molecule has 0 bridgehead atoms. The summed E-state index contributed by atoms with van der Waals surface area (Å²) in [6.45, 7) is 4.55. The van der Waals surface area contributed by atoms with Gasteiger partial charge in [-0.15, -0.1) is 11.3 Å². The van der Waals surface area contributed by atoms with E-state index < -0.39 is 0 Å². The molecule has 2 aromatic heterocycles. The number of nitrogens with zero attached hydrogens (tertiary/aromatic N) is 2. The van der Waals surface area contributed by atoms with Gasteiger partial charge in [-0.1, -0.05) is 0 Å². The number of hydrogen-bond acceptors (Lipinski definition) is 6. The van der Waals surface area contributed by atoms with Crippen molar-refractivity contribution < 1.29 is 9.15 Å². The third kappa shape index (κ3) is 4.41. The van der Waals surface area contributed by atoms with E-state index in [2.05, 4.69) is 15.3 Å². The van der Waals surface area contributed by atoms with Crippen LogP contribution in [0.4, 0.5) is 0 Å². The van der Waals surface area contributed by atoms with Crippen LogP contribution in [0, 0.1) is 6.92 Å². The molecule has 19 heavy (non-hydrogen) atoms. The van der Waals surface area contributed by atoms with Gasteiger partial charge in [-0.25, -0.2) is 9.97 Å². The van der Waals surface area contributed by atoms with Gasteiger partial charge in [0.1, 0.15) is 5.69 Å². The minimum absolute atomic E-state index is 0.742. The van der Waals surface area contributed by atoms with E-state index in [-0.39, 0.29) is 0 Å². The lowest BCUT2D eigenvalue weighted by Gasteiger charge is -2.01. The fraction of sp³-hybridized carbons (Fsp3) is 0.538. The monoisotopic (exact) mass is 281 g/mol. The second-order valence-electron chi connectivity index (χ2n) is 4.22. The van der Waals surface area contributed by atoms with Gasteiger partial charge in [0.15, 0.2) is 11.7 Å². The van der Waals surface area contributed by atoms with Crippen LogP contribution >= 0.6 is 11.3 Å². The summed E-state index contributed by atoms with van der Waals surface area (Å²) in [7, 11) is 1.70. The molecular weight excluding hydrogens is 262 g/mol. The molecule has 2 rings (SSSR count). The lowest BCUT2D eigenvalue weighted by Crippen LogP contribution is -2.20. The van der Waals surface area contributed by atoms with Crippen LogP contribution in [0.15, 0.2) is 16.0 Å². The number of thiazole rings is 1. The maximum atomic E-state index is 5.69. The quantitative estimate of drug-likeness (QED) is 0.752. The van der Waals surface area contributed by atoms with Crippen molar-refractivity contribution >= 4 is 11.3 Å². The molecule has 104 valence electrons. The maximum absolute atomic E-state index is 5.69. The van der Waals surface area contributed by atoms with Crippen LogP contribution in [0.2, 0.25) is 0 Å². The summed E-state index contributed by atoms with van der Waals surface area (Å²) in [5.41, 5.74) is 0.875. The average molecular weight is 281 g/mol. The molecule has 1 N–H and O–H groups in total. The van der Waals surface area contributed by atoms with Gasteiger partial charge in [0.05, 0.1) is 17.8 Å². The highest BCUT2D eigenvalue weighted by molar-refractivity contribution is 7.09. The zero-order valence-electron chi connectivity index (χ0n) is 11.3. The van der Waals surface area contributed by atoms with Crippen molar-refractivity contribution in [2.45, 2.75) is 19.8 Å². The van der Waals surface area contributed by atoms with Crippen molar-refractivity contribution in [1.82, 2.24) is 15.3 Å². The molecule has 5 nitrogen and oxygen atoms in total. The molecule has 0 aliphatic heterocycles. The van der Waals surface area contributed by atoms with E-state index in [4.69, 9.17) is 9.15 Å². The minimum atomic E-state index is 0.742. The van der Waals surface area contributed by atoms with E-state index in [1.807, 2.05) is 12.3 Å². The Kier molecular flexibility index (Phi) is 5.50. The Morgan fingerprint density at radius 1 is 1.42 bits per heavy atom. The summed E-state index contributed by atoms with van der Waals surface area (Å²) in [5, 5.41) is 6.32. The molecule has 0 spiro atoms. The number of aromatic nitrogens is 2. The fourth-order valence-electron chi connectivity index (χ4n) is 1.68. The van der Waals surface area contributed by atoms with Crippen molar-refractivity contribution in [2.24, 2.45) is 0 Å². The Bertz CT molecular complexity index is 496. The lowest BCUT2D eigenvalue weighted by molar-refractivity contribution is 0.199. The van der Waals surface area contributed by atoms with Crippen LogP contribution < -0.4 is 5.32 Å². The summed E-state index contributed by atoms with van der Waals surface area (Å²) in [5.74, 6) is 1.53. The molecule has 2 aromatic rings. The Morgan fingerprint density at radius 3 is 3.05 bits per heavy atom. The highest BCUT2D eigenvalue weighted by atomic mass is 32.1. The molecule has 0 aliphatic rings. The van der Waals surface area contributed by atoms with Gasteiger partial charge in [-0.3, -0.25) is 0 Å². The van der Waals surface area contributed by atoms with Crippen LogP contribution in [-0.2, 0) is 11.2 Å². The average Bonchev–Trinajstić information content (AvgIpc) is 3.02. The molecule has 0 aliphatic carbocycles. The van der Waals surface area contributed by atoms with Crippen LogP contribution in [0.1, 0.15) is 17.3 Å². The molecular formula is C13H19N3O2S. The molecule has 0 aromatic carbocycles. The van der Waals surface area contributed by atoms with E-state index in [0.717, 1.165) is 54.9 Å². The fourth-order valence-corrected chi connectivity index (χ4v) is 2.29. The van der Waals surface area contributed by atoms with E-state index in [9.17, 15) is 0 Å². The summed E-state index contributed by atoms with van der Waals surface area (Å²) in [6.07, 6.45) is 3.59. The zero-order chi connectivity index (χ0) is 13.5. The van der Waals surface area contributed by atoms with Gasteiger partial charge >= 0.3 is 0 Å². The smallest absolute Gasteiger partial charge is 0.195 e. The topological polar surface area (TPSA) is 60.2 Å². The molecule has 0 fully saturated rings. The Hall–Kier alpha value is -1.24. The first-order chi connectivity index (χ1) is 9.29. The first-order valence-electron chi connectivity index (χ1n) is 6.36. The number of ether oxygens (including phenoxy) is 1. The standard InChI is InChI=1S/C13H19N3O2S/c1-10-16-11(9-19-10)12-8-15-13(18-12)4-3-5-14-6-7-17-2/h8-9,14H,3-7H2,1-2H3. The van der Waals surface area contributed by atoms with Gasteiger partial charge in [-0.2, -0.15) is 0 Å².